The van der Waals surface area contributed by atoms with E-state index in [4.69, 9.17) is 9.05 Å². The molecule has 0 saturated heterocycles. The number of nitrogens with zero attached hydrogens (tertiary/aromatic N) is 1. The largest absolute Gasteiger partial charge is 0.472 e. The maximum atomic E-state index is 12.9. The highest BCUT2D eigenvalue weighted by atomic mass is 31.2. The highest BCUT2D eigenvalue weighted by Gasteiger charge is 2.28. The lowest BCUT2D eigenvalue weighted by atomic mass is 10.0. The Morgan fingerprint density at radius 2 is 0.774 bits per heavy atom. The summed E-state index contributed by atoms with van der Waals surface area (Å²) in [6.07, 6.45) is 53.0. The van der Waals surface area contributed by atoms with Crippen molar-refractivity contribution >= 4 is 13.7 Å². The molecular formula is C53H110N2O6P+. The number of likely N-dealkylation sites (N-methyl/N-ethyl adjacent to an activating group) is 1. The molecule has 0 heterocycles. The average Bonchev–Trinajstić information content (AvgIpc) is 3.23. The number of phosphoric ester groups is 1. The van der Waals surface area contributed by atoms with Crippen molar-refractivity contribution in [3.8, 4) is 0 Å². The lowest BCUT2D eigenvalue weighted by molar-refractivity contribution is -0.870. The number of unbranched alkanes of at least 4 members (excludes halogenated alkanes) is 38. The number of rotatable bonds is 51. The minimum atomic E-state index is -4.31. The molecule has 3 N–H and O–H groups in total. The molecule has 1 amide bonds. The molecular weight excluding hydrogens is 792 g/mol. The fraction of sp³-hybridized carbons (Fsp3) is 0.981. The summed E-state index contributed by atoms with van der Waals surface area (Å²) in [5.41, 5.74) is 0. The molecule has 0 bridgehead atoms. The zero-order valence-electron chi connectivity index (χ0n) is 42.4. The van der Waals surface area contributed by atoms with E-state index >= 15 is 0 Å². The van der Waals surface area contributed by atoms with Gasteiger partial charge in [0.2, 0.25) is 5.91 Å². The van der Waals surface area contributed by atoms with E-state index in [1.165, 1.54) is 218 Å². The summed E-state index contributed by atoms with van der Waals surface area (Å²) in [4.78, 5) is 23.2. The maximum Gasteiger partial charge on any atom is 0.472 e. The van der Waals surface area contributed by atoms with Crippen LogP contribution >= 0.6 is 7.82 Å². The number of hydrogen-bond donors (Lipinski definition) is 3. The molecule has 0 aliphatic heterocycles. The number of phosphoric acid groups is 1. The number of carbonyl (C=O) groups is 1. The van der Waals surface area contributed by atoms with E-state index in [2.05, 4.69) is 19.2 Å². The molecule has 0 aliphatic rings. The summed E-state index contributed by atoms with van der Waals surface area (Å²) in [6, 6.07) is -0.753. The van der Waals surface area contributed by atoms with Gasteiger partial charge in [-0.3, -0.25) is 13.8 Å². The normalized spacial score (nSPS) is 14.0. The van der Waals surface area contributed by atoms with Gasteiger partial charge in [-0.1, -0.05) is 264 Å². The van der Waals surface area contributed by atoms with Gasteiger partial charge in [-0.25, -0.2) is 4.57 Å². The predicted molar refractivity (Wildman–Crippen MR) is 268 cm³/mol. The van der Waals surface area contributed by atoms with Crippen molar-refractivity contribution in [3.63, 3.8) is 0 Å². The Bertz CT molecular complexity index is 978. The van der Waals surface area contributed by atoms with Gasteiger partial charge in [-0.05, 0) is 12.8 Å². The third-order valence-corrected chi connectivity index (χ3v) is 13.8. The summed E-state index contributed by atoms with van der Waals surface area (Å²) >= 11 is 0. The van der Waals surface area contributed by atoms with Gasteiger partial charge in [0.15, 0.2) is 0 Å². The first-order valence-electron chi connectivity index (χ1n) is 27.4. The van der Waals surface area contributed by atoms with Crippen LogP contribution in [0.2, 0.25) is 0 Å². The van der Waals surface area contributed by atoms with Crippen LogP contribution in [0.5, 0.6) is 0 Å². The molecule has 3 unspecified atom stereocenters. The summed E-state index contributed by atoms with van der Waals surface area (Å²) in [7, 11) is 1.63. The Balaban J connectivity index is 4.00. The van der Waals surface area contributed by atoms with Gasteiger partial charge in [0.1, 0.15) is 13.2 Å². The van der Waals surface area contributed by atoms with Gasteiger partial charge in [0.25, 0.3) is 0 Å². The number of amides is 1. The van der Waals surface area contributed by atoms with Crippen LogP contribution in [0.4, 0.5) is 0 Å². The fourth-order valence-corrected chi connectivity index (χ4v) is 9.26. The average molecular weight is 902 g/mol. The second-order valence-corrected chi connectivity index (χ2v) is 21.8. The molecule has 0 aliphatic carbocycles. The number of aliphatic hydroxyl groups is 1. The molecule has 0 fully saturated rings. The molecule has 62 heavy (non-hydrogen) atoms. The minimum absolute atomic E-state index is 0.0787. The third kappa shape index (κ3) is 47.5. The number of quaternary nitrogens is 1. The fourth-order valence-electron chi connectivity index (χ4n) is 8.52. The van der Waals surface area contributed by atoms with Gasteiger partial charge in [0.05, 0.1) is 39.9 Å². The standard InChI is InChI=1S/C53H109N2O6P/c1-6-8-10-12-14-16-18-20-21-22-23-24-25-26-27-28-29-30-31-32-33-34-35-37-39-41-43-45-47-53(57)54-51(50-61-62(58,59)60-49-48-55(3,4)5)52(56)46-44-42-40-38-36-19-17-15-13-11-9-7-2/h51-52,56H,6-50H2,1-5H3,(H-,54,57,58,59)/p+1. The molecule has 372 valence electrons. The van der Waals surface area contributed by atoms with Crippen LogP contribution in [-0.2, 0) is 18.4 Å². The number of aliphatic hydroxyl groups excluding tert-OH is 1. The Labute approximate surface area is 387 Å². The van der Waals surface area contributed by atoms with Gasteiger partial charge >= 0.3 is 7.82 Å². The van der Waals surface area contributed by atoms with E-state index in [-0.39, 0.29) is 19.1 Å². The first kappa shape index (κ1) is 61.5. The predicted octanol–water partition coefficient (Wildman–Crippen LogP) is 16.1. The van der Waals surface area contributed by atoms with Crippen LogP contribution in [0.3, 0.4) is 0 Å². The van der Waals surface area contributed by atoms with Crippen molar-refractivity contribution in [2.75, 3.05) is 40.9 Å². The summed E-state index contributed by atoms with van der Waals surface area (Å²) in [5.74, 6) is -0.138. The summed E-state index contributed by atoms with van der Waals surface area (Å²) < 4.78 is 23.7. The van der Waals surface area contributed by atoms with Crippen LogP contribution in [0.25, 0.3) is 0 Å². The van der Waals surface area contributed by atoms with E-state index in [1.54, 1.807) is 0 Å². The van der Waals surface area contributed by atoms with E-state index in [0.29, 0.717) is 23.9 Å². The quantitative estimate of drug-likeness (QED) is 0.0319. The molecule has 0 spiro atoms. The van der Waals surface area contributed by atoms with Crippen molar-refractivity contribution in [2.45, 2.75) is 296 Å². The first-order valence-corrected chi connectivity index (χ1v) is 28.9. The number of nitrogens with one attached hydrogen (secondary N) is 1. The van der Waals surface area contributed by atoms with Gasteiger partial charge < -0.3 is 19.8 Å². The first-order chi connectivity index (χ1) is 30.0. The van der Waals surface area contributed by atoms with E-state index in [1.807, 2.05) is 21.1 Å². The molecule has 0 rings (SSSR count). The molecule has 0 saturated carbocycles. The Morgan fingerprint density at radius 1 is 0.484 bits per heavy atom. The zero-order chi connectivity index (χ0) is 45.7. The van der Waals surface area contributed by atoms with Crippen molar-refractivity contribution in [1.82, 2.24) is 5.32 Å². The lowest BCUT2D eigenvalue weighted by Crippen LogP contribution is -2.46. The van der Waals surface area contributed by atoms with Crippen molar-refractivity contribution in [3.05, 3.63) is 0 Å². The van der Waals surface area contributed by atoms with Crippen LogP contribution in [0.15, 0.2) is 0 Å². The minimum Gasteiger partial charge on any atom is -0.391 e. The highest BCUT2D eigenvalue weighted by molar-refractivity contribution is 7.47. The Hall–Kier alpha value is -0.500. The Kier molecular flexibility index (Phi) is 45.3. The van der Waals surface area contributed by atoms with Crippen molar-refractivity contribution in [2.24, 2.45) is 0 Å². The topological polar surface area (TPSA) is 105 Å². The van der Waals surface area contributed by atoms with Crippen molar-refractivity contribution < 1.29 is 32.9 Å². The summed E-state index contributed by atoms with van der Waals surface area (Å²) in [5, 5.41) is 14.0. The summed E-state index contributed by atoms with van der Waals surface area (Å²) in [6.45, 7) is 4.92. The third-order valence-electron chi connectivity index (χ3n) is 12.9. The van der Waals surface area contributed by atoms with E-state index in [9.17, 15) is 19.4 Å². The van der Waals surface area contributed by atoms with Crippen LogP contribution < -0.4 is 5.32 Å². The SMILES string of the molecule is CCCCCCCCCCCCCCCCCCCCCCCCCCCCCCC(=O)NC(COP(=O)(O)OCC[N+](C)(C)C)C(O)CCCCCCCCCCCCCC. The molecule has 0 aromatic heterocycles. The molecule has 0 aromatic rings. The number of carbonyl (C=O) groups excluding carboxylic acids is 1. The second kappa shape index (κ2) is 45.6. The van der Waals surface area contributed by atoms with Crippen LogP contribution in [0, 0.1) is 0 Å². The van der Waals surface area contributed by atoms with Crippen LogP contribution in [0.1, 0.15) is 284 Å². The Morgan fingerprint density at radius 3 is 1.08 bits per heavy atom. The molecule has 0 aromatic carbocycles. The maximum absolute atomic E-state index is 12.9. The molecule has 0 radical (unpaired) electrons. The molecule has 3 atom stereocenters. The van der Waals surface area contributed by atoms with Crippen LogP contribution in [-0.4, -0.2) is 73.4 Å². The number of hydrogen-bond acceptors (Lipinski definition) is 5. The van der Waals surface area contributed by atoms with Gasteiger partial charge in [-0.15, -0.1) is 0 Å². The van der Waals surface area contributed by atoms with E-state index in [0.717, 1.165) is 38.5 Å². The molecule has 9 heteroatoms. The van der Waals surface area contributed by atoms with E-state index < -0.39 is 20.0 Å². The highest BCUT2D eigenvalue weighted by Crippen LogP contribution is 2.43. The smallest absolute Gasteiger partial charge is 0.391 e. The molecule has 8 nitrogen and oxygen atoms in total. The van der Waals surface area contributed by atoms with Gasteiger partial charge in [-0.2, -0.15) is 0 Å². The monoisotopic (exact) mass is 902 g/mol. The van der Waals surface area contributed by atoms with Crippen molar-refractivity contribution in [1.29, 1.82) is 0 Å². The second-order valence-electron chi connectivity index (χ2n) is 20.3. The lowest BCUT2D eigenvalue weighted by Gasteiger charge is -2.26. The zero-order valence-corrected chi connectivity index (χ0v) is 43.3. The van der Waals surface area contributed by atoms with Gasteiger partial charge in [0, 0.05) is 6.42 Å².